The summed E-state index contributed by atoms with van der Waals surface area (Å²) in [5.74, 6) is 0.831. The van der Waals surface area contributed by atoms with Gasteiger partial charge in [0.05, 0.1) is 18.5 Å². The van der Waals surface area contributed by atoms with Gasteiger partial charge in [0.15, 0.2) is 0 Å². The highest BCUT2D eigenvalue weighted by Crippen LogP contribution is 2.10. The zero-order valence-electron chi connectivity index (χ0n) is 10.5. The Morgan fingerprint density at radius 2 is 2.06 bits per heavy atom. The largest absolute Gasteiger partial charge is 0.498 e. The molecule has 0 saturated heterocycles. The van der Waals surface area contributed by atoms with Crippen LogP contribution < -0.4 is 0 Å². The summed E-state index contributed by atoms with van der Waals surface area (Å²) in [6.07, 6.45) is 5.62. The van der Waals surface area contributed by atoms with E-state index in [-0.39, 0.29) is 0 Å². The van der Waals surface area contributed by atoms with Crippen molar-refractivity contribution in [3.63, 3.8) is 0 Å². The number of benzene rings is 1. The summed E-state index contributed by atoms with van der Waals surface area (Å²) in [6, 6.07) is 9.93. The quantitative estimate of drug-likeness (QED) is 0.762. The minimum absolute atomic E-state index is 0.507. The molecule has 0 aromatic heterocycles. The Morgan fingerprint density at radius 1 is 1.35 bits per heavy atom. The van der Waals surface area contributed by atoms with E-state index in [0.717, 1.165) is 11.3 Å². The van der Waals surface area contributed by atoms with Gasteiger partial charge in [0.2, 0.25) is 0 Å². The lowest BCUT2D eigenvalue weighted by Crippen LogP contribution is -2.05. The first-order valence-corrected chi connectivity index (χ1v) is 5.95. The van der Waals surface area contributed by atoms with Crippen LogP contribution in [0, 0.1) is 0 Å². The maximum Gasteiger partial charge on any atom is 0.0946 e. The van der Waals surface area contributed by atoms with Crippen molar-refractivity contribution in [2.24, 2.45) is 0 Å². The molecule has 1 N–H and O–H groups in total. The lowest BCUT2D eigenvalue weighted by molar-refractivity contribution is 0.164. The van der Waals surface area contributed by atoms with Crippen LogP contribution in [0.25, 0.3) is 6.08 Å². The first kappa shape index (κ1) is 13.5. The molecule has 0 aliphatic carbocycles. The average Bonchev–Trinajstić information content (AvgIpc) is 2.37. The molecule has 2 nitrogen and oxygen atoms in total. The van der Waals surface area contributed by atoms with E-state index in [9.17, 15) is 5.11 Å². The minimum Gasteiger partial charge on any atom is -0.498 e. The number of aliphatic hydroxyl groups is 1. The van der Waals surface area contributed by atoms with E-state index < -0.39 is 6.10 Å². The SMILES string of the molecule is C/C=C(/CC(O)/C=C/c1ccccc1)OCC. The number of ether oxygens (including phenoxy) is 1. The predicted octanol–water partition coefficient (Wildman–Crippen LogP) is 3.39. The molecule has 1 atom stereocenters. The van der Waals surface area contributed by atoms with Crippen LogP contribution in [0.5, 0.6) is 0 Å². The highest BCUT2D eigenvalue weighted by atomic mass is 16.5. The molecule has 0 amide bonds. The summed E-state index contributed by atoms with van der Waals surface area (Å²) in [5, 5.41) is 9.83. The average molecular weight is 232 g/mol. The summed E-state index contributed by atoms with van der Waals surface area (Å²) >= 11 is 0. The molecule has 0 radical (unpaired) electrons. The molecule has 1 aromatic rings. The van der Waals surface area contributed by atoms with Crippen molar-refractivity contribution in [2.75, 3.05) is 6.61 Å². The van der Waals surface area contributed by atoms with Gasteiger partial charge in [0.25, 0.3) is 0 Å². The van der Waals surface area contributed by atoms with Crippen LogP contribution in [0.2, 0.25) is 0 Å². The number of hydrogen-bond donors (Lipinski definition) is 1. The van der Waals surface area contributed by atoms with E-state index in [2.05, 4.69) is 0 Å². The van der Waals surface area contributed by atoms with Gasteiger partial charge in [0, 0.05) is 6.42 Å². The molecule has 92 valence electrons. The van der Waals surface area contributed by atoms with Gasteiger partial charge in [-0.15, -0.1) is 0 Å². The summed E-state index contributed by atoms with van der Waals surface area (Å²) in [5.41, 5.74) is 1.09. The fraction of sp³-hybridized carbons (Fsp3) is 0.333. The van der Waals surface area contributed by atoms with Gasteiger partial charge in [0.1, 0.15) is 0 Å². The Balaban J connectivity index is 2.49. The summed E-state index contributed by atoms with van der Waals surface area (Å²) in [4.78, 5) is 0. The molecule has 0 fully saturated rings. The topological polar surface area (TPSA) is 29.5 Å². The third-order valence-electron chi connectivity index (χ3n) is 2.37. The van der Waals surface area contributed by atoms with Gasteiger partial charge in [-0.3, -0.25) is 0 Å². The first-order valence-electron chi connectivity index (χ1n) is 5.95. The maximum atomic E-state index is 9.83. The van der Waals surface area contributed by atoms with Crippen LogP contribution in [0.4, 0.5) is 0 Å². The van der Waals surface area contributed by atoms with E-state index in [4.69, 9.17) is 4.74 Å². The molecule has 0 saturated carbocycles. The Hall–Kier alpha value is -1.54. The molecular formula is C15H20O2. The molecule has 2 heteroatoms. The van der Waals surface area contributed by atoms with Crippen LogP contribution in [0.15, 0.2) is 48.2 Å². The molecule has 0 spiro atoms. The molecule has 1 unspecified atom stereocenters. The van der Waals surface area contributed by atoms with E-state index in [1.165, 1.54) is 0 Å². The lowest BCUT2D eigenvalue weighted by Gasteiger charge is -2.10. The molecule has 0 bridgehead atoms. The summed E-state index contributed by atoms with van der Waals surface area (Å²) < 4.78 is 5.38. The van der Waals surface area contributed by atoms with E-state index in [1.54, 1.807) is 6.08 Å². The Kier molecular flexibility index (Phi) is 6.12. The lowest BCUT2D eigenvalue weighted by atomic mass is 10.1. The summed E-state index contributed by atoms with van der Waals surface area (Å²) in [6.45, 7) is 4.49. The normalized spacial score (nSPS) is 13.9. The molecule has 0 heterocycles. The monoisotopic (exact) mass is 232 g/mol. The summed E-state index contributed by atoms with van der Waals surface area (Å²) in [7, 11) is 0. The standard InChI is InChI=1S/C15H20O2/c1-3-15(17-4-2)12-14(16)11-10-13-8-6-5-7-9-13/h3,5-11,14,16H,4,12H2,1-2H3/b11-10+,15-3-. The minimum atomic E-state index is -0.507. The molecular weight excluding hydrogens is 212 g/mol. The van der Waals surface area contributed by atoms with Crippen molar-refractivity contribution >= 4 is 6.08 Å². The first-order chi connectivity index (χ1) is 8.26. The van der Waals surface area contributed by atoms with E-state index in [0.29, 0.717) is 13.0 Å². The highest BCUT2D eigenvalue weighted by Gasteiger charge is 2.03. The van der Waals surface area contributed by atoms with E-state index in [1.807, 2.05) is 56.3 Å². The van der Waals surface area contributed by atoms with Crippen molar-refractivity contribution in [1.82, 2.24) is 0 Å². The Morgan fingerprint density at radius 3 is 2.65 bits per heavy atom. The van der Waals surface area contributed by atoms with Gasteiger partial charge >= 0.3 is 0 Å². The zero-order chi connectivity index (χ0) is 12.5. The van der Waals surface area contributed by atoms with Crippen LogP contribution in [-0.2, 0) is 4.74 Å². The maximum absolute atomic E-state index is 9.83. The van der Waals surface area contributed by atoms with Gasteiger partial charge in [-0.1, -0.05) is 42.5 Å². The fourth-order valence-corrected chi connectivity index (χ4v) is 1.51. The van der Waals surface area contributed by atoms with E-state index >= 15 is 0 Å². The molecule has 0 aliphatic rings. The number of hydrogen-bond acceptors (Lipinski definition) is 2. The fourth-order valence-electron chi connectivity index (χ4n) is 1.51. The second-order valence-corrected chi connectivity index (χ2v) is 3.73. The Bertz CT molecular complexity index is 366. The zero-order valence-corrected chi connectivity index (χ0v) is 10.5. The predicted molar refractivity (Wildman–Crippen MR) is 71.5 cm³/mol. The van der Waals surface area contributed by atoms with Gasteiger partial charge < -0.3 is 9.84 Å². The number of rotatable bonds is 6. The van der Waals surface area contributed by atoms with Crippen molar-refractivity contribution < 1.29 is 9.84 Å². The smallest absolute Gasteiger partial charge is 0.0946 e. The Labute approximate surface area is 103 Å². The van der Waals surface area contributed by atoms with Crippen molar-refractivity contribution in [3.8, 4) is 0 Å². The third kappa shape index (κ3) is 5.36. The molecule has 1 aromatic carbocycles. The molecule has 1 rings (SSSR count). The van der Waals surface area contributed by atoms with Gasteiger partial charge in [-0.2, -0.15) is 0 Å². The van der Waals surface area contributed by atoms with Gasteiger partial charge in [-0.05, 0) is 25.5 Å². The van der Waals surface area contributed by atoms with Crippen LogP contribution in [-0.4, -0.2) is 17.8 Å². The van der Waals surface area contributed by atoms with Crippen LogP contribution >= 0.6 is 0 Å². The third-order valence-corrected chi connectivity index (χ3v) is 2.37. The second kappa shape index (κ2) is 7.69. The number of aliphatic hydroxyl groups excluding tert-OH is 1. The van der Waals surface area contributed by atoms with Crippen LogP contribution in [0.3, 0.4) is 0 Å². The molecule has 17 heavy (non-hydrogen) atoms. The second-order valence-electron chi connectivity index (χ2n) is 3.73. The van der Waals surface area contributed by atoms with Gasteiger partial charge in [-0.25, -0.2) is 0 Å². The van der Waals surface area contributed by atoms with Crippen LogP contribution in [0.1, 0.15) is 25.8 Å². The number of allylic oxidation sites excluding steroid dienone is 1. The van der Waals surface area contributed by atoms with Crippen molar-refractivity contribution in [2.45, 2.75) is 26.4 Å². The van der Waals surface area contributed by atoms with Crippen molar-refractivity contribution in [1.29, 1.82) is 0 Å². The van der Waals surface area contributed by atoms with Crippen molar-refractivity contribution in [3.05, 3.63) is 53.8 Å². The molecule has 0 aliphatic heterocycles. The highest BCUT2D eigenvalue weighted by molar-refractivity contribution is 5.49.